The van der Waals surface area contributed by atoms with E-state index in [1.54, 1.807) is 6.07 Å². The van der Waals surface area contributed by atoms with Gasteiger partial charge in [0.2, 0.25) is 0 Å². The van der Waals surface area contributed by atoms with Gasteiger partial charge in [0, 0.05) is 13.0 Å². The van der Waals surface area contributed by atoms with Crippen LogP contribution in [0.4, 0.5) is 0 Å². The zero-order valence-corrected chi connectivity index (χ0v) is 8.71. The topological polar surface area (TPSA) is 43.7 Å². The van der Waals surface area contributed by atoms with Crippen LogP contribution in [-0.2, 0) is 5.79 Å². The van der Waals surface area contributed by atoms with Gasteiger partial charge in [-0.3, -0.25) is 0 Å². The molecule has 0 radical (unpaired) electrons. The number of nitrogens with zero attached hydrogens (tertiary/aromatic N) is 1. The Labute approximate surface area is 82.2 Å². The van der Waals surface area contributed by atoms with E-state index in [9.17, 15) is 10.2 Å². The molecule has 2 N–H and O–H groups in total. The predicted octanol–water partition coefficient (Wildman–Crippen LogP) is 0.837. The summed E-state index contributed by atoms with van der Waals surface area (Å²) < 4.78 is 0. The smallest absolute Gasteiger partial charge is 0.200 e. The first-order valence-corrected chi connectivity index (χ1v) is 5.04. The average Bonchev–Trinajstić information content (AvgIpc) is 2.53. The fourth-order valence-corrected chi connectivity index (χ4v) is 1.76. The van der Waals surface area contributed by atoms with Crippen LogP contribution in [0.3, 0.4) is 0 Å². The van der Waals surface area contributed by atoms with E-state index in [1.807, 2.05) is 30.4 Å². The third-order valence-corrected chi connectivity index (χ3v) is 2.83. The van der Waals surface area contributed by atoms with E-state index < -0.39 is 5.79 Å². The molecule has 0 amide bonds. The van der Waals surface area contributed by atoms with Crippen LogP contribution in [0.2, 0.25) is 0 Å². The lowest BCUT2D eigenvalue weighted by Crippen LogP contribution is -2.29. The highest BCUT2D eigenvalue weighted by Gasteiger charge is 2.26. The largest absolute Gasteiger partial charge is 0.361 e. The van der Waals surface area contributed by atoms with Crippen molar-refractivity contribution < 1.29 is 10.2 Å². The van der Waals surface area contributed by atoms with Crippen LogP contribution >= 0.6 is 11.3 Å². The second-order valence-corrected chi connectivity index (χ2v) is 4.29. The second kappa shape index (κ2) is 4.19. The molecule has 13 heavy (non-hydrogen) atoms. The lowest BCUT2D eigenvalue weighted by atomic mass is 10.1. The Morgan fingerprint density at radius 2 is 2.15 bits per heavy atom. The Hall–Kier alpha value is -0.420. The van der Waals surface area contributed by atoms with Gasteiger partial charge in [-0.05, 0) is 25.5 Å². The maximum atomic E-state index is 9.66. The van der Waals surface area contributed by atoms with Crippen molar-refractivity contribution in [1.29, 1.82) is 0 Å². The van der Waals surface area contributed by atoms with Crippen LogP contribution in [0.25, 0.3) is 0 Å². The molecular weight excluding hydrogens is 186 g/mol. The van der Waals surface area contributed by atoms with Gasteiger partial charge < -0.3 is 15.1 Å². The van der Waals surface area contributed by atoms with Crippen LogP contribution in [0, 0.1) is 0 Å². The molecule has 0 atom stereocenters. The molecule has 0 bridgehead atoms. The molecule has 0 saturated heterocycles. The van der Waals surface area contributed by atoms with E-state index in [-0.39, 0.29) is 0 Å². The van der Waals surface area contributed by atoms with Crippen molar-refractivity contribution in [2.24, 2.45) is 0 Å². The maximum Gasteiger partial charge on any atom is 0.200 e. The van der Waals surface area contributed by atoms with Gasteiger partial charge in [0.25, 0.3) is 0 Å². The highest BCUT2D eigenvalue weighted by atomic mass is 32.1. The highest BCUT2D eigenvalue weighted by molar-refractivity contribution is 7.10. The third-order valence-electron chi connectivity index (χ3n) is 1.82. The van der Waals surface area contributed by atoms with Gasteiger partial charge in [-0.1, -0.05) is 6.07 Å². The molecule has 1 aromatic heterocycles. The molecular formula is C9H15NO2S. The first kappa shape index (κ1) is 10.7. The SMILES string of the molecule is CN(C)CCC(O)(O)c1cccs1. The minimum Gasteiger partial charge on any atom is -0.361 e. The van der Waals surface area contributed by atoms with Crippen molar-refractivity contribution >= 4 is 11.3 Å². The Morgan fingerprint density at radius 3 is 2.62 bits per heavy atom. The molecule has 0 saturated carbocycles. The number of aliphatic hydroxyl groups is 2. The molecule has 0 spiro atoms. The molecule has 0 fully saturated rings. The summed E-state index contributed by atoms with van der Waals surface area (Å²) in [5, 5.41) is 21.2. The van der Waals surface area contributed by atoms with E-state index in [1.165, 1.54) is 11.3 Å². The van der Waals surface area contributed by atoms with E-state index in [0.717, 1.165) is 0 Å². The van der Waals surface area contributed by atoms with Crippen LogP contribution in [0.5, 0.6) is 0 Å². The van der Waals surface area contributed by atoms with Gasteiger partial charge in [0.15, 0.2) is 5.79 Å². The summed E-state index contributed by atoms with van der Waals surface area (Å²) in [6, 6.07) is 3.55. The van der Waals surface area contributed by atoms with Crippen LogP contribution in [-0.4, -0.2) is 35.8 Å². The zero-order valence-electron chi connectivity index (χ0n) is 7.90. The van der Waals surface area contributed by atoms with Crippen LogP contribution in [0.1, 0.15) is 11.3 Å². The third kappa shape index (κ3) is 3.08. The first-order valence-electron chi connectivity index (χ1n) is 4.16. The Bertz CT molecular complexity index is 244. The Kier molecular flexibility index (Phi) is 3.44. The molecule has 1 rings (SSSR count). The van der Waals surface area contributed by atoms with Crippen molar-refractivity contribution in [3.8, 4) is 0 Å². The van der Waals surface area contributed by atoms with Gasteiger partial charge in [0.1, 0.15) is 0 Å². The molecule has 0 aliphatic carbocycles. The van der Waals surface area contributed by atoms with E-state index in [2.05, 4.69) is 0 Å². The van der Waals surface area contributed by atoms with Crippen molar-refractivity contribution in [2.45, 2.75) is 12.2 Å². The number of hydrogen-bond acceptors (Lipinski definition) is 4. The lowest BCUT2D eigenvalue weighted by molar-refractivity contribution is -0.173. The fraction of sp³-hybridized carbons (Fsp3) is 0.556. The summed E-state index contributed by atoms with van der Waals surface area (Å²) >= 11 is 1.36. The van der Waals surface area contributed by atoms with E-state index in [4.69, 9.17) is 0 Å². The van der Waals surface area contributed by atoms with Gasteiger partial charge in [-0.15, -0.1) is 11.3 Å². The minimum atomic E-state index is -1.67. The summed E-state index contributed by atoms with van der Waals surface area (Å²) in [4.78, 5) is 2.53. The van der Waals surface area contributed by atoms with E-state index >= 15 is 0 Å². The molecule has 0 aliphatic heterocycles. The Balaban J connectivity index is 2.56. The van der Waals surface area contributed by atoms with Gasteiger partial charge in [-0.25, -0.2) is 0 Å². The van der Waals surface area contributed by atoms with Crippen LogP contribution < -0.4 is 0 Å². The normalized spacial score (nSPS) is 12.4. The van der Waals surface area contributed by atoms with Crippen molar-refractivity contribution in [3.05, 3.63) is 22.4 Å². The van der Waals surface area contributed by atoms with E-state index in [0.29, 0.717) is 17.8 Å². The minimum absolute atomic E-state index is 0.334. The second-order valence-electron chi connectivity index (χ2n) is 3.35. The standard InChI is InChI=1S/C9H15NO2S/c1-10(2)6-5-9(11,12)8-4-3-7-13-8/h3-4,7,11-12H,5-6H2,1-2H3. The molecule has 3 nitrogen and oxygen atoms in total. The quantitative estimate of drug-likeness (QED) is 0.709. The van der Waals surface area contributed by atoms with Crippen LogP contribution in [0.15, 0.2) is 17.5 Å². The van der Waals surface area contributed by atoms with Crippen molar-refractivity contribution in [2.75, 3.05) is 20.6 Å². The molecule has 1 aromatic rings. The van der Waals surface area contributed by atoms with Gasteiger partial charge >= 0.3 is 0 Å². The molecule has 4 heteroatoms. The average molecular weight is 201 g/mol. The summed E-state index contributed by atoms with van der Waals surface area (Å²) in [7, 11) is 3.81. The van der Waals surface area contributed by atoms with Gasteiger partial charge in [-0.2, -0.15) is 0 Å². The molecule has 74 valence electrons. The highest BCUT2D eigenvalue weighted by Crippen LogP contribution is 2.25. The number of thiophene rings is 1. The van der Waals surface area contributed by atoms with Crippen molar-refractivity contribution in [3.63, 3.8) is 0 Å². The molecule has 0 unspecified atom stereocenters. The lowest BCUT2D eigenvalue weighted by Gasteiger charge is -2.22. The van der Waals surface area contributed by atoms with Gasteiger partial charge in [0.05, 0.1) is 4.88 Å². The fourth-order valence-electron chi connectivity index (χ4n) is 1.01. The monoisotopic (exact) mass is 201 g/mol. The maximum absolute atomic E-state index is 9.66. The summed E-state index contributed by atoms with van der Waals surface area (Å²) in [5.74, 6) is -1.67. The molecule has 0 aliphatic rings. The molecule has 1 heterocycles. The number of rotatable bonds is 4. The molecule has 0 aromatic carbocycles. The number of hydrogen-bond donors (Lipinski definition) is 2. The summed E-state index contributed by atoms with van der Waals surface area (Å²) in [6.45, 7) is 0.658. The van der Waals surface area contributed by atoms with Crippen molar-refractivity contribution in [1.82, 2.24) is 4.90 Å². The first-order chi connectivity index (χ1) is 6.02. The summed E-state index contributed by atoms with van der Waals surface area (Å²) in [5.41, 5.74) is 0. The Morgan fingerprint density at radius 1 is 1.46 bits per heavy atom. The zero-order chi connectivity index (χ0) is 9.90. The summed E-state index contributed by atoms with van der Waals surface area (Å²) in [6.07, 6.45) is 0.334. The predicted molar refractivity (Wildman–Crippen MR) is 53.6 cm³/mol.